The van der Waals surface area contributed by atoms with E-state index < -0.39 is 0 Å². The van der Waals surface area contributed by atoms with Crippen molar-refractivity contribution < 1.29 is 9.21 Å². The molecule has 0 aliphatic carbocycles. The lowest BCUT2D eigenvalue weighted by Crippen LogP contribution is -2.26. The minimum atomic E-state index is -0.160. The van der Waals surface area contributed by atoms with E-state index in [2.05, 4.69) is 42.1 Å². The molecule has 0 atom stereocenters. The van der Waals surface area contributed by atoms with Gasteiger partial charge in [0.2, 0.25) is 0 Å². The molecular formula is C13H15Br2N3O2. The number of aromatic nitrogens is 2. The van der Waals surface area contributed by atoms with Crippen LogP contribution in [0, 0.1) is 0 Å². The first-order chi connectivity index (χ1) is 9.40. The summed E-state index contributed by atoms with van der Waals surface area (Å²) in [6.45, 7) is 4.47. The molecule has 108 valence electrons. The Kier molecular flexibility index (Phi) is 4.70. The summed E-state index contributed by atoms with van der Waals surface area (Å²) in [5.41, 5.74) is 1.31. The highest BCUT2D eigenvalue weighted by Crippen LogP contribution is 2.26. The van der Waals surface area contributed by atoms with E-state index >= 15 is 0 Å². The summed E-state index contributed by atoms with van der Waals surface area (Å²) < 4.78 is 6.77. The number of carbonyl (C=O) groups excluding carboxylic acids is 1. The quantitative estimate of drug-likeness (QED) is 0.839. The maximum absolute atomic E-state index is 12.4. The van der Waals surface area contributed by atoms with Crippen LogP contribution in [-0.4, -0.2) is 28.1 Å². The van der Waals surface area contributed by atoms with Crippen LogP contribution >= 0.6 is 31.9 Å². The number of hydrogen-bond acceptors (Lipinski definition) is 3. The Morgan fingerprint density at radius 1 is 1.45 bits per heavy atom. The maximum atomic E-state index is 12.4. The minimum absolute atomic E-state index is 0.160. The Morgan fingerprint density at radius 3 is 2.65 bits per heavy atom. The summed E-state index contributed by atoms with van der Waals surface area (Å²) >= 11 is 6.68. The van der Waals surface area contributed by atoms with E-state index in [0.29, 0.717) is 22.7 Å². The first kappa shape index (κ1) is 15.3. The van der Waals surface area contributed by atoms with Crippen LogP contribution in [0.1, 0.15) is 41.7 Å². The van der Waals surface area contributed by atoms with Gasteiger partial charge in [0.15, 0.2) is 10.4 Å². The zero-order valence-electron chi connectivity index (χ0n) is 11.4. The second-order valence-electron chi connectivity index (χ2n) is 4.82. The fourth-order valence-corrected chi connectivity index (χ4v) is 2.93. The Morgan fingerprint density at radius 2 is 2.15 bits per heavy atom. The molecule has 0 aliphatic heterocycles. The number of halogens is 2. The molecule has 0 aliphatic rings. The van der Waals surface area contributed by atoms with Crippen LogP contribution in [0.25, 0.3) is 0 Å². The summed E-state index contributed by atoms with van der Waals surface area (Å²) in [7, 11) is 1.72. The normalized spacial score (nSPS) is 11.1. The number of nitrogens with one attached hydrogen (secondary N) is 1. The van der Waals surface area contributed by atoms with E-state index in [1.54, 1.807) is 18.0 Å². The molecule has 1 amide bonds. The highest BCUT2D eigenvalue weighted by atomic mass is 79.9. The third-order valence-corrected chi connectivity index (χ3v) is 4.11. The summed E-state index contributed by atoms with van der Waals surface area (Å²) in [4.78, 5) is 13.9. The van der Waals surface area contributed by atoms with Gasteiger partial charge in [-0.3, -0.25) is 9.89 Å². The number of furan rings is 1. The number of H-pyrrole nitrogens is 1. The van der Waals surface area contributed by atoms with E-state index in [4.69, 9.17) is 4.42 Å². The lowest BCUT2D eigenvalue weighted by molar-refractivity contribution is 0.0768. The third kappa shape index (κ3) is 3.15. The van der Waals surface area contributed by atoms with Gasteiger partial charge in [-0.2, -0.15) is 5.10 Å². The predicted molar refractivity (Wildman–Crippen MR) is 82.6 cm³/mol. The molecule has 2 rings (SSSR count). The smallest absolute Gasteiger partial charge is 0.275 e. The van der Waals surface area contributed by atoms with Gasteiger partial charge in [0, 0.05) is 7.05 Å². The molecule has 0 spiro atoms. The van der Waals surface area contributed by atoms with Crippen LogP contribution in [0.5, 0.6) is 0 Å². The summed E-state index contributed by atoms with van der Waals surface area (Å²) in [5, 5.41) is 7.00. The van der Waals surface area contributed by atoms with E-state index in [0.717, 1.165) is 10.2 Å². The van der Waals surface area contributed by atoms with E-state index in [1.165, 1.54) is 0 Å². The molecule has 0 fully saturated rings. The number of carbonyl (C=O) groups is 1. The number of hydrogen-bond donors (Lipinski definition) is 1. The lowest BCUT2D eigenvalue weighted by atomic mass is 10.1. The van der Waals surface area contributed by atoms with E-state index in [9.17, 15) is 4.79 Å². The average Bonchev–Trinajstić information content (AvgIpc) is 2.94. The second kappa shape index (κ2) is 6.13. The molecule has 0 saturated carbocycles. The lowest BCUT2D eigenvalue weighted by Gasteiger charge is -2.14. The molecule has 0 aromatic carbocycles. The fourth-order valence-electron chi connectivity index (χ4n) is 1.79. The van der Waals surface area contributed by atoms with Crippen molar-refractivity contribution in [2.24, 2.45) is 0 Å². The second-order valence-corrected chi connectivity index (χ2v) is 6.40. The van der Waals surface area contributed by atoms with Crippen molar-refractivity contribution in [3.8, 4) is 0 Å². The molecule has 0 bridgehead atoms. The number of amides is 1. The van der Waals surface area contributed by atoms with Crippen molar-refractivity contribution in [2.75, 3.05) is 7.05 Å². The maximum Gasteiger partial charge on any atom is 0.275 e. The Hall–Kier alpha value is -1.08. The molecule has 2 aromatic heterocycles. The molecule has 2 aromatic rings. The first-order valence-corrected chi connectivity index (χ1v) is 7.72. The van der Waals surface area contributed by atoms with Gasteiger partial charge in [-0.1, -0.05) is 13.8 Å². The standard InChI is InChI=1S/C13H15Br2N3O2/c1-7(2)11-10(15)12(17-16-11)13(19)18(3)6-8-4-5-9(14)20-8/h4-5,7H,6H2,1-3H3,(H,16,17). The molecule has 7 heteroatoms. The average molecular weight is 405 g/mol. The zero-order valence-corrected chi connectivity index (χ0v) is 14.6. The summed E-state index contributed by atoms with van der Waals surface area (Å²) in [6.07, 6.45) is 0. The van der Waals surface area contributed by atoms with Crippen LogP contribution in [0.4, 0.5) is 0 Å². The number of rotatable bonds is 4. The molecule has 2 heterocycles. The molecule has 5 nitrogen and oxygen atoms in total. The monoisotopic (exact) mass is 403 g/mol. The van der Waals surface area contributed by atoms with Gasteiger partial charge in [0.1, 0.15) is 5.76 Å². The predicted octanol–water partition coefficient (Wildman–Crippen LogP) is 3.92. The number of nitrogens with zero attached hydrogens (tertiary/aromatic N) is 2. The zero-order chi connectivity index (χ0) is 14.9. The Bertz CT molecular complexity index is 619. The highest BCUT2D eigenvalue weighted by Gasteiger charge is 2.22. The van der Waals surface area contributed by atoms with Crippen LogP contribution in [0.3, 0.4) is 0 Å². The van der Waals surface area contributed by atoms with Gasteiger partial charge in [-0.15, -0.1) is 0 Å². The van der Waals surface area contributed by atoms with Gasteiger partial charge in [0.25, 0.3) is 5.91 Å². The first-order valence-electron chi connectivity index (χ1n) is 6.13. The van der Waals surface area contributed by atoms with Gasteiger partial charge in [-0.25, -0.2) is 0 Å². The minimum Gasteiger partial charge on any atom is -0.452 e. The van der Waals surface area contributed by atoms with Gasteiger partial charge in [-0.05, 0) is 49.9 Å². The van der Waals surface area contributed by atoms with Crippen molar-refractivity contribution in [1.29, 1.82) is 0 Å². The van der Waals surface area contributed by atoms with Crippen molar-refractivity contribution in [3.05, 3.63) is 38.4 Å². The van der Waals surface area contributed by atoms with E-state index in [-0.39, 0.29) is 11.8 Å². The molecule has 0 radical (unpaired) electrons. The van der Waals surface area contributed by atoms with Crippen LogP contribution in [0.15, 0.2) is 25.7 Å². The summed E-state index contributed by atoms with van der Waals surface area (Å²) in [5.74, 6) is 0.820. The fraction of sp³-hybridized carbons (Fsp3) is 0.385. The largest absolute Gasteiger partial charge is 0.452 e. The van der Waals surface area contributed by atoms with Gasteiger partial charge in [0.05, 0.1) is 16.7 Å². The van der Waals surface area contributed by atoms with Crippen LogP contribution in [-0.2, 0) is 6.54 Å². The van der Waals surface area contributed by atoms with Crippen LogP contribution < -0.4 is 0 Å². The molecule has 20 heavy (non-hydrogen) atoms. The Labute approximate surface area is 134 Å². The molecule has 1 N–H and O–H groups in total. The van der Waals surface area contributed by atoms with Crippen molar-refractivity contribution >= 4 is 37.8 Å². The van der Waals surface area contributed by atoms with Gasteiger partial charge >= 0.3 is 0 Å². The third-order valence-electron chi connectivity index (χ3n) is 2.88. The Balaban J connectivity index is 2.14. The van der Waals surface area contributed by atoms with Crippen LogP contribution in [0.2, 0.25) is 0 Å². The van der Waals surface area contributed by atoms with Crippen molar-refractivity contribution in [3.63, 3.8) is 0 Å². The highest BCUT2D eigenvalue weighted by molar-refractivity contribution is 9.10. The van der Waals surface area contributed by atoms with Crippen molar-refractivity contribution in [1.82, 2.24) is 15.1 Å². The molecular weight excluding hydrogens is 390 g/mol. The SMILES string of the molecule is CC(C)c1[nH]nc(C(=O)N(C)Cc2ccc(Br)o2)c1Br. The molecule has 0 saturated heterocycles. The molecule has 0 unspecified atom stereocenters. The van der Waals surface area contributed by atoms with E-state index in [1.807, 2.05) is 19.9 Å². The van der Waals surface area contributed by atoms with Crippen molar-refractivity contribution in [2.45, 2.75) is 26.3 Å². The summed E-state index contributed by atoms with van der Waals surface area (Å²) in [6, 6.07) is 3.63. The number of aromatic amines is 1. The topological polar surface area (TPSA) is 62.1 Å². The van der Waals surface area contributed by atoms with Gasteiger partial charge < -0.3 is 9.32 Å².